The highest BCUT2D eigenvalue weighted by Crippen LogP contribution is 2.29. The molecule has 1 aliphatic carbocycles. The molecule has 1 heterocycles. The Hall–Kier alpha value is -0.980. The van der Waals surface area contributed by atoms with Crippen LogP contribution in [0.5, 0.6) is 0 Å². The van der Waals surface area contributed by atoms with E-state index in [1.807, 2.05) is 6.07 Å². The van der Waals surface area contributed by atoms with E-state index in [9.17, 15) is 10.1 Å². The molecule has 1 saturated carbocycles. The Morgan fingerprint density at radius 1 is 1.29 bits per heavy atom. The Balaban J connectivity index is 1.51. The molecule has 0 aromatic heterocycles. The second-order valence-corrected chi connectivity index (χ2v) is 6.82. The average Bonchev–Trinajstić information content (AvgIpc) is 3.31. The molecule has 114 valence electrons. The smallest absolute Gasteiger partial charge is 0.283 e. The lowest BCUT2D eigenvalue weighted by Gasteiger charge is -2.32. The summed E-state index contributed by atoms with van der Waals surface area (Å²) in [6.07, 6.45) is 5.10. The van der Waals surface area contributed by atoms with Gasteiger partial charge >= 0.3 is 0 Å². The Morgan fingerprint density at radius 3 is 2.62 bits per heavy atom. The van der Waals surface area contributed by atoms with Crippen molar-refractivity contribution in [3.05, 3.63) is 38.3 Å². The molecule has 0 atom stereocenters. The van der Waals surface area contributed by atoms with E-state index in [-0.39, 0.29) is 10.6 Å². The van der Waals surface area contributed by atoms with E-state index in [1.165, 1.54) is 38.8 Å². The normalized spacial score (nSPS) is 20.6. The quantitative estimate of drug-likeness (QED) is 0.652. The molecular formula is C15H20BrN3O2. The zero-order valence-electron chi connectivity index (χ0n) is 11.9. The summed E-state index contributed by atoms with van der Waals surface area (Å²) in [5, 5.41) is 14.5. The van der Waals surface area contributed by atoms with Gasteiger partial charge in [-0.2, -0.15) is 0 Å². The Morgan fingerprint density at radius 2 is 2.00 bits per heavy atom. The molecule has 1 aromatic rings. The van der Waals surface area contributed by atoms with E-state index in [2.05, 4.69) is 26.1 Å². The third-order valence-corrected chi connectivity index (χ3v) is 5.07. The van der Waals surface area contributed by atoms with Gasteiger partial charge in [0.15, 0.2) is 0 Å². The van der Waals surface area contributed by atoms with Crippen molar-refractivity contribution in [2.45, 2.75) is 44.3 Å². The Kier molecular flexibility index (Phi) is 4.57. The highest BCUT2D eigenvalue weighted by Gasteiger charge is 2.31. The van der Waals surface area contributed by atoms with Crippen molar-refractivity contribution >= 4 is 21.6 Å². The van der Waals surface area contributed by atoms with Crippen LogP contribution in [0.4, 0.5) is 5.69 Å². The van der Waals surface area contributed by atoms with Crippen LogP contribution in [0.3, 0.4) is 0 Å². The summed E-state index contributed by atoms with van der Waals surface area (Å²) in [5.74, 6) is 0. The first-order chi connectivity index (χ1) is 10.1. The summed E-state index contributed by atoms with van der Waals surface area (Å²) in [4.78, 5) is 13.2. The van der Waals surface area contributed by atoms with E-state index in [0.717, 1.165) is 11.6 Å². The molecular weight excluding hydrogens is 334 g/mol. The molecule has 0 unspecified atom stereocenters. The largest absolute Gasteiger partial charge is 0.310 e. The molecule has 0 radical (unpaired) electrons. The Labute approximate surface area is 133 Å². The average molecular weight is 354 g/mol. The van der Waals surface area contributed by atoms with Crippen LogP contribution in [0.2, 0.25) is 0 Å². The summed E-state index contributed by atoms with van der Waals surface area (Å²) in [5.41, 5.74) is 1.10. The number of likely N-dealkylation sites (tertiary alicyclic amines) is 1. The number of halogens is 1. The summed E-state index contributed by atoms with van der Waals surface area (Å²) in [7, 11) is 0. The van der Waals surface area contributed by atoms with Gasteiger partial charge in [0.2, 0.25) is 0 Å². The molecule has 1 N–H and O–H groups in total. The maximum absolute atomic E-state index is 10.9. The van der Waals surface area contributed by atoms with Crippen LogP contribution in [0.1, 0.15) is 31.2 Å². The fraction of sp³-hybridized carbons (Fsp3) is 0.600. The summed E-state index contributed by atoms with van der Waals surface area (Å²) in [6.45, 7) is 3.06. The lowest BCUT2D eigenvalue weighted by atomic mass is 10.0. The van der Waals surface area contributed by atoms with Gasteiger partial charge in [0.05, 0.1) is 9.40 Å². The first-order valence-electron chi connectivity index (χ1n) is 7.54. The van der Waals surface area contributed by atoms with Crippen molar-refractivity contribution in [1.29, 1.82) is 0 Å². The van der Waals surface area contributed by atoms with Crippen molar-refractivity contribution in [2.24, 2.45) is 0 Å². The second kappa shape index (κ2) is 6.42. The fourth-order valence-electron chi connectivity index (χ4n) is 2.98. The minimum absolute atomic E-state index is 0.137. The molecule has 2 fully saturated rings. The van der Waals surface area contributed by atoms with Gasteiger partial charge in [0.25, 0.3) is 5.69 Å². The minimum Gasteiger partial charge on any atom is -0.310 e. The molecule has 0 amide bonds. The number of hydrogen-bond donors (Lipinski definition) is 1. The third kappa shape index (κ3) is 3.81. The van der Waals surface area contributed by atoms with Crippen molar-refractivity contribution < 1.29 is 4.92 Å². The maximum atomic E-state index is 10.9. The van der Waals surface area contributed by atoms with Crippen LogP contribution >= 0.6 is 15.9 Å². The highest BCUT2D eigenvalue weighted by molar-refractivity contribution is 9.10. The SMILES string of the molecule is O=[N+]([O-])c1cc(CNC2CCN(C3CC3)CC2)ccc1Br. The zero-order chi connectivity index (χ0) is 14.8. The molecule has 1 aromatic carbocycles. The van der Waals surface area contributed by atoms with Crippen molar-refractivity contribution in [3.63, 3.8) is 0 Å². The number of rotatable bonds is 5. The first kappa shape index (κ1) is 14.9. The van der Waals surface area contributed by atoms with Gasteiger partial charge in [-0.25, -0.2) is 0 Å². The van der Waals surface area contributed by atoms with E-state index >= 15 is 0 Å². The van der Waals surface area contributed by atoms with Crippen molar-refractivity contribution in [3.8, 4) is 0 Å². The van der Waals surface area contributed by atoms with E-state index in [4.69, 9.17) is 0 Å². The van der Waals surface area contributed by atoms with Crippen LogP contribution in [0, 0.1) is 10.1 Å². The van der Waals surface area contributed by atoms with Crippen molar-refractivity contribution in [1.82, 2.24) is 10.2 Å². The van der Waals surface area contributed by atoms with Gasteiger partial charge in [0, 0.05) is 24.7 Å². The monoisotopic (exact) mass is 353 g/mol. The lowest BCUT2D eigenvalue weighted by molar-refractivity contribution is -0.385. The van der Waals surface area contributed by atoms with Gasteiger partial charge in [0.1, 0.15) is 0 Å². The zero-order valence-corrected chi connectivity index (χ0v) is 13.5. The minimum atomic E-state index is -0.346. The maximum Gasteiger partial charge on any atom is 0.283 e. The summed E-state index contributed by atoms with van der Waals surface area (Å²) in [6, 6.07) is 6.73. The molecule has 21 heavy (non-hydrogen) atoms. The van der Waals surface area contributed by atoms with Gasteiger partial charge in [-0.3, -0.25) is 10.1 Å². The van der Waals surface area contributed by atoms with Crippen molar-refractivity contribution in [2.75, 3.05) is 13.1 Å². The predicted octanol–water partition coefficient (Wildman–Crippen LogP) is 3.07. The van der Waals surface area contributed by atoms with Gasteiger partial charge in [-0.15, -0.1) is 0 Å². The molecule has 6 heteroatoms. The predicted molar refractivity (Wildman–Crippen MR) is 85.3 cm³/mol. The third-order valence-electron chi connectivity index (χ3n) is 4.39. The van der Waals surface area contributed by atoms with E-state index in [1.54, 1.807) is 12.1 Å². The Bertz CT molecular complexity index is 526. The van der Waals surface area contributed by atoms with Gasteiger partial charge in [-0.05, 0) is 66.3 Å². The molecule has 2 aliphatic rings. The number of nitrogens with one attached hydrogen (secondary N) is 1. The molecule has 0 bridgehead atoms. The van der Waals surface area contributed by atoms with Crippen LogP contribution in [-0.4, -0.2) is 35.0 Å². The van der Waals surface area contributed by atoms with Crippen LogP contribution < -0.4 is 5.32 Å². The van der Waals surface area contributed by atoms with Gasteiger partial charge in [-0.1, -0.05) is 6.07 Å². The number of piperidine rings is 1. The van der Waals surface area contributed by atoms with E-state index < -0.39 is 0 Å². The number of nitrogens with zero attached hydrogens (tertiary/aromatic N) is 2. The molecule has 1 saturated heterocycles. The van der Waals surface area contributed by atoms with Crippen LogP contribution in [0.15, 0.2) is 22.7 Å². The molecule has 3 rings (SSSR count). The number of benzene rings is 1. The number of nitro groups is 1. The first-order valence-corrected chi connectivity index (χ1v) is 8.33. The topological polar surface area (TPSA) is 58.4 Å². The summed E-state index contributed by atoms with van der Waals surface area (Å²) >= 11 is 3.22. The van der Waals surface area contributed by atoms with Crippen LogP contribution in [-0.2, 0) is 6.54 Å². The summed E-state index contributed by atoms with van der Waals surface area (Å²) < 4.78 is 0.536. The second-order valence-electron chi connectivity index (χ2n) is 5.97. The van der Waals surface area contributed by atoms with Crippen LogP contribution in [0.25, 0.3) is 0 Å². The number of hydrogen-bond acceptors (Lipinski definition) is 4. The van der Waals surface area contributed by atoms with E-state index in [0.29, 0.717) is 17.1 Å². The highest BCUT2D eigenvalue weighted by atomic mass is 79.9. The van der Waals surface area contributed by atoms with Gasteiger partial charge < -0.3 is 10.2 Å². The number of nitro benzene ring substituents is 1. The lowest BCUT2D eigenvalue weighted by Crippen LogP contribution is -2.43. The molecule has 0 spiro atoms. The molecule has 1 aliphatic heterocycles. The standard InChI is InChI=1S/C15H20BrN3O2/c16-14-4-1-11(9-15(14)19(20)21)10-17-12-5-7-18(8-6-12)13-2-3-13/h1,4,9,12-13,17H,2-3,5-8,10H2. The molecule has 5 nitrogen and oxygen atoms in total. The fourth-order valence-corrected chi connectivity index (χ4v) is 3.37.